The Hall–Kier alpha value is -1.37. The van der Waals surface area contributed by atoms with Gasteiger partial charge in [0.15, 0.2) is 0 Å². The number of hydrogen-bond acceptors (Lipinski definition) is 3. The van der Waals surface area contributed by atoms with Crippen LogP contribution in [0.1, 0.15) is 22.8 Å². The first-order valence-electron chi connectivity index (χ1n) is 5.99. The fourth-order valence-electron chi connectivity index (χ4n) is 1.63. The molecular weight excluding hydrogens is 289 g/mol. The molecule has 1 aromatic carbocycles. The first kappa shape index (κ1) is 16.7. The maximum atomic E-state index is 12.6. The van der Waals surface area contributed by atoms with Crippen LogP contribution >= 0.6 is 11.8 Å². The number of anilines is 1. The van der Waals surface area contributed by atoms with Crippen LogP contribution in [-0.4, -0.2) is 24.5 Å². The lowest BCUT2D eigenvalue weighted by molar-refractivity contribution is -0.137. The standard InChI is InChI=1S/C13H17F3N2OS/c1-8(7-20-2)6-18-12(19)10-5-9(13(14,15)16)3-4-11(10)17/h3-5,8H,6-7,17H2,1-2H3,(H,18,19). The number of nitrogen functional groups attached to an aromatic ring is 1. The fourth-order valence-corrected chi connectivity index (χ4v) is 2.32. The second-order valence-corrected chi connectivity index (χ2v) is 5.48. The van der Waals surface area contributed by atoms with Crippen LogP contribution in [-0.2, 0) is 6.18 Å². The van der Waals surface area contributed by atoms with Crippen molar-refractivity contribution in [1.29, 1.82) is 0 Å². The zero-order chi connectivity index (χ0) is 15.3. The van der Waals surface area contributed by atoms with E-state index in [2.05, 4.69) is 5.32 Å². The Morgan fingerprint density at radius 1 is 1.45 bits per heavy atom. The van der Waals surface area contributed by atoms with Crippen molar-refractivity contribution in [2.45, 2.75) is 13.1 Å². The molecule has 0 bridgehead atoms. The van der Waals surface area contributed by atoms with Gasteiger partial charge < -0.3 is 11.1 Å². The monoisotopic (exact) mass is 306 g/mol. The lowest BCUT2D eigenvalue weighted by Crippen LogP contribution is -2.30. The molecule has 0 heterocycles. The second kappa shape index (κ2) is 6.88. The summed E-state index contributed by atoms with van der Waals surface area (Å²) in [5.74, 6) is 0.515. The highest BCUT2D eigenvalue weighted by molar-refractivity contribution is 7.98. The Morgan fingerprint density at radius 3 is 2.65 bits per heavy atom. The molecule has 1 rings (SSSR count). The molecular formula is C13H17F3N2OS. The van der Waals surface area contributed by atoms with Crippen LogP contribution in [0.3, 0.4) is 0 Å². The summed E-state index contributed by atoms with van der Waals surface area (Å²) in [6, 6.07) is 2.75. The van der Waals surface area contributed by atoms with E-state index in [4.69, 9.17) is 5.73 Å². The van der Waals surface area contributed by atoms with Crippen LogP contribution in [0, 0.1) is 5.92 Å². The number of nitrogens with one attached hydrogen (secondary N) is 1. The first-order valence-corrected chi connectivity index (χ1v) is 7.39. The average Bonchev–Trinajstić information content (AvgIpc) is 2.35. The topological polar surface area (TPSA) is 55.1 Å². The van der Waals surface area contributed by atoms with Gasteiger partial charge in [0.2, 0.25) is 0 Å². The van der Waals surface area contributed by atoms with Crippen molar-refractivity contribution in [2.24, 2.45) is 5.92 Å². The summed E-state index contributed by atoms with van der Waals surface area (Å²) >= 11 is 1.64. The van der Waals surface area contributed by atoms with Crippen LogP contribution in [0.15, 0.2) is 18.2 Å². The maximum absolute atomic E-state index is 12.6. The number of benzene rings is 1. The molecule has 0 aromatic heterocycles. The van der Waals surface area contributed by atoms with Gasteiger partial charge in [-0.15, -0.1) is 0 Å². The third-order valence-corrected chi connectivity index (χ3v) is 3.59. The molecule has 0 saturated carbocycles. The highest BCUT2D eigenvalue weighted by Crippen LogP contribution is 2.31. The molecule has 3 N–H and O–H groups in total. The number of alkyl halides is 3. The van der Waals surface area contributed by atoms with E-state index in [1.54, 1.807) is 11.8 Å². The average molecular weight is 306 g/mol. The van der Waals surface area contributed by atoms with E-state index in [1.165, 1.54) is 0 Å². The summed E-state index contributed by atoms with van der Waals surface area (Å²) < 4.78 is 37.8. The van der Waals surface area contributed by atoms with Crippen molar-refractivity contribution in [3.63, 3.8) is 0 Å². The van der Waals surface area contributed by atoms with Crippen molar-refractivity contribution in [1.82, 2.24) is 5.32 Å². The lowest BCUT2D eigenvalue weighted by Gasteiger charge is -2.14. The number of hydrogen-bond donors (Lipinski definition) is 2. The second-order valence-electron chi connectivity index (χ2n) is 4.57. The summed E-state index contributed by atoms with van der Waals surface area (Å²) in [6.45, 7) is 2.35. The van der Waals surface area contributed by atoms with E-state index in [0.29, 0.717) is 6.54 Å². The van der Waals surface area contributed by atoms with Crippen molar-refractivity contribution in [3.8, 4) is 0 Å². The Bertz CT molecular complexity index is 477. The van der Waals surface area contributed by atoms with Crippen molar-refractivity contribution in [3.05, 3.63) is 29.3 Å². The largest absolute Gasteiger partial charge is 0.416 e. The zero-order valence-electron chi connectivity index (χ0n) is 11.3. The summed E-state index contributed by atoms with van der Waals surface area (Å²) in [6.07, 6.45) is -2.54. The molecule has 7 heteroatoms. The number of amides is 1. The highest BCUT2D eigenvalue weighted by atomic mass is 32.2. The minimum Gasteiger partial charge on any atom is -0.398 e. The molecule has 3 nitrogen and oxygen atoms in total. The Labute approximate surface area is 120 Å². The van der Waals surface area contributed by atoms with Gasteiger partial charge in [-0.3, -0.25) is 4.79 Å². The van der Waals surface area contributed by atoms with Crippen molar-refractivity contribution >= 4 is 23.4 Å². The summed E-state index contributed by atoms with van der Waals surface area (Å²) in [4.78, 5) is 11.9. The minimum atomic E-state index is -4.49. The number of halogens is 3. The molecule has 112 valence electrons. The van der Waals surface area contributed by atoms with Gasteiger partial charge in [-0.1, -0.05) is 6.92 Å². The van der Waals surface area contributed by atoms with Crippen molar-refractivity contribution < 1.29 is 18.0 Å². The van der Waals surface area contributed by atoms with Gasteiger partial charge in [-0.25, -0.2) is 0 Å². The van der Waals surface area contributed by atoms with Gasteiger partial charge in [0.05, 0.1) is 11.1 Å². The Kier molecular flexibility index (Phi) is 5.74. The van der Waals surface area contributed by atoms with E-state index in [9.17, 15) is 18.0 Å². The number of carbonyl (C=O) groups excluding carboxylic acids is 1. The van der Waals surface area contributed by atoms with E-state index in [0.717, 1.165) is 24.0 Å². The predicted molar refractivity (Wildman–Crippen MR) is 75.7 cm³/mol. The molecule has 1 aromatic rings. The molecule has 0 spiro atoms. The van der Waals surface area contributed by atoms with Gasteiger partial charge in [0.1, 0.15) is 0 Å². The lowest BCUT2D eigenvalue weighted by atomic mass is 10.1. The molecule has 0 aliphatic heterocycles. The van der Waals surface area contributed by atoms with E-state index in [1.807, 2.05) is 13.2 Å². The first-order chi connectivity index (χ1) is 9.25. The van der Waals surface area contributed by atoms with E-state index < -0.39 is 17.6 Å². The number of nitrogens with two attached hydrogens (primary N) is 1. The molecule has 0 aliphatic rings. The predicted octanol–water partition coefficient (Wildman–Crippen LogP) is 3.02. The van der Waals surface area contributed by atoms with Gasteiger partial charge in [0.25, 0.3) is 5.91 Å². The maximum Gasteiger partial charge on any atom is 0.416 e. The fraction of sp³-hybridized carbons (Fsp3) is 0.462. The molecule has 1 atom stereocenters. The van der Waals surface area contributed by atoms with Gasteiger partial charge in [-0.05, 0) is 36.1 Å². The van der Waals surface area contributed by atoms with E-state index >= 15 is 0 Å². The normalized spacial score (nSPS) is 13.1. The molecule has 0 saturated heterocycles. The van der Waals surface area contributed by atoms with Crippen LogP contribution < -0.4 is 11.1 Å². The van der Waals surface area contributed by atoms with Crippen LogP contribution in [0.25, 0.3) is 0 Å². The third-order valence-electron chi connectivity index (χ3n) is 2.69. The van der Waals surface area contributed by atoms with Gasteiger partial charge >= 0.3 is 6.18 Å². The third kappa shape index (κ3) is 4.63. The molecule has 0 radical (unpaired) electrons. The van der Waals surface area contributed by atoms with Crippen LogP contribution in [0.5, 0.6) is 0 Å². The van der Waals surface area contributed by atoms with E-state index in [-0.39, 0.29) is 17.2 Å². The SMILES string of the molecule is CSCC(C)CNC(=O)c1cc(C(F)(F)F)ccc1N. The quantitative estimate of drug-likeness (QED) is 0.822. The number of rotatable bonds is 5. The number of thioether (sulfide) groups is 1. The zero-order valence-corrected chi connectivity index (χ0v) is 12.1. The molecule has 20 heavy (non-hydrogen) atoms. The number of carbonyl (C=O) groups is 1. The smallest absolute Gasteiger partial charge is 0.398 e. The van der Waals surface area contributed by atoms with Gasteiger partial charge in [-0.2, -0.15) is 24.9 Å². The van der Waals surface area contributed by atoms with Crippen molar-refractivity contribution in [2.75, 3.05) is 24.3 Å². The molecule has 0 aliphatic carbocycles. The molecule has 0 fully saturated rings. The van der Waals surface area contributed by atoms with Crippen LogP contribution in [0.4, 0.5) is 18.9 Å². The van der Waals surface area contributed by atoms with Crippen LogP contribution in [0.2, 0.25) is 0 Å². The Morgan fingerprint density at radius 2 is 2.10 bits per heavy atom. The summed E-state index contributed by atoms with van der Waals surface area (Å²) in [7, 11) is 0. The molecule has 1 unspecified atom stereocenters. The summed E-state index contributed by atoms with van der Waals surface area (Å²) in [5.41, 5.74) is 4.58. The molecule has 1 amide bonds. The highest BCUT2D eigenvalue weighted by Gasteiger charge is 2.31. The minimum absolute atomic E-state index is 0.0352. The summed E-state index contributed by atoms with van der Waals surface area (Å²) in [5, 5.41) is 2.60. The Balaban J connectivity index is 2.82. The van der Waals surface area contributed by atoms with Gasteiger partial charge in [0, 0.05) is 12.2 Å².